The summed E-state index contributed by atoms with van der Waals surface area (Å²) < 4.78 is 38.6. The summed E-state index contributed by atoms with van der Waals surface area (Å²) in [7, 11) is 0. The summed E-state index contributed by atoms with van der Waals surface area (Å²) >= 11 is 0. The van der Waals surface area contributed by atoms with E-state index in [1.807, 2.05) is 24.3 Å². The molecule has 1 aromatic rings. The monoisotopic (exact) mass is 300 g/mol. The van der Waals surface area contributed by atoms with Crippen molar-refractivity contribution in [3.8, 4) is 0 Å². The number of aryl methyl sites for hydroxylation is 1. The van der Waals surface area contributed by atoms with Crippen LogP contribution < -0.4 is 0 Å². The Hall–Kier alpha value is -1.03. The topological polar surface area (TPSA) is 20.2 Å². The van der Waals surface area contributed by atoms with Gasteiger partial charge in [-0.25, -0.2) is 0 Å². The van der Waals surface area contributed by atoms with Crippen molar-refractivity contribution in [2.45, 2.75) is 57.7 Å². The Bertz CT molecular complexity index is 456. The van der Waals surface area contributed by atoms with Gasteiger partial charge in [0.2, 0.25) is 0 Å². The summed E-state index contributed by atoms with van der Waals surface area (Å²) in [5.41, 5.74) is 1.89. The Kier molecular flexibility index (Phi) is 5.31. The zero-order valence-corrected chi connectivity index (χ0v) is 12.4. The molecule has 1 nitrogen and oxygen atoms in total. The highest BCUT2D eigenvalue weighted by Gasteiger charge is 2.43. The maximum Gasteiger partial charge on any atom is 0.391 e. The molecule has 0 bridgehead atoms. The molecule has 21 heavy (non-hydrogen) atoms. The van der Waals surface area contributed by atoms with Gasteiger partial charge in [-0.15, -0.1) is 0 Å². The highest BCUT2D eigenvalue weighted by atomic mass is 19.4. The molecule has 0 spiro atoms. The second-order valence-electron chi connectivity index (χ2n) is 6.11. The lowest BCUT2D eigenvalue weighted by Gasteiger charge is -2.33. The molecule has 0 radical (unpaired) electrons. The van der Waals surface area contributed by atoms with E-state index in [4.69, 9.17) is 0 Å². The lowest BCUT2D eigenvalue weighted by atomic mass is 9.76. The van der Waals surface area contributed by atoms with Gasteiger partial charge in [-0.05, 0) is 42.7 Å². The van der Waals surface area contributed by atoms with Crippen molar-refractivity contribution >= 4 is 0 Å². The van der Waals surface area contributed by atoms with Crippen LogP contribution in [0.25, 0.3) is 0 Å². The molecular formula is C17H23F3O. The molecule has 1 fully saturated rings. The minimum Gasteiger partial charge on any atom is -0.388 e. The van der Waals surface area contributed by atoms with Crippen LogP contribution in [0.3, 0.4) is 0 Å². The number of aliphatic hydroxyl groups is 1. The van der Waals surface area contributed by atoms with Crippen LogP contribution >= 0.6 is 0 Å². The average Bonchev–Trinajstić information content (AvgIpc) is 2.46. The van der Waals surface area contributed by atoms with Gasteiger partial charge in [0.1, 0.15) is 0 Å². The molecule has 0 aromatic heterocycles. The second kappa shape index (κ2) is 6.82. The normalized spacial score (nSPS) is 24.8. The van der Waals surface area contributed by atoms with Crippen LogP contribution in [0.1, 0.15) is 56.3 Å². The number of hydrogen-bond acceptors (Lipinski definition) is 1. The molecule has 4 heteroatoms. The Labute approximate surface area is 124 Å². The minimum atomic E-state index is -4.14. The van der Waals surface area contributed by atoms with Gasteiger partial charge in [0.05, 0.1) is 12.0 Å². The summed E-state index contributed by atoms with van der Waals surface area (Å²) in [6.45, 7) is 2.08. The van der Waals surface area contributed by atoms with Gasteiger partial charge in [-0.3, -0.25) is 0 Å². The van der Waals surface area contributed by atoms with Gasteiger partial charge >= 0.3 is 6.18 Å². The van der Waals surface area contributed by atoms with E-state index in [-0.39, 0.29) is 18.8 Å². The van der Waals surface area contributed by atoms with Crippen molar-refractivity contribution in [2.24, 2.45) is 11.8 Å². The van der Waals surface area contributed by atoms with E-state index in [1.165, 1.54) is 0 Å². The molecule has 1 saturated carbocycles. The molecule has 0 amide bonds. The fraction of sp³-hybridized carbons (Fsp3) is 0.647. The Morgan fingerprint density at radius 1 is 1.29 bits per heavy atom. The van der Waals surface area contributed by atoms with Gasteiger partial charge in [-0.2, -0.15) is 13.2 Å². The molecule has 0 aliphatic heterocycles. The average molecular weight is 300 g/mol. The molecular weight excluding hydrogens is 277 g/mol. The quantitative estimate of drug-likeness (QED) is 0.825. The number of benzene rings is 1. The van der Waals surface area contributed by atoms with E-state index in [1.54, 1.807) is 0 Å². The molecule has 1 aromatic carbocycles. The van der Waals surface area contributed by atoms with Gasteiger partial charge in [-0.1, -0.05) is 44.0 Å². The van der Waals surface area contributed by atoms with Crippen molar-refractivity contribution in [3.63, 3.8) is 0 Å². The smallest absolute Gasteiger partial charge is 0.388 e. The maximum absolute atomic E-state index is 12.9. The van der Waals surface area contributed by atoms with Crippen LogP contribution in [-0.4, -0.2) is 11.3 Å². The zero-order chi connectivity index (χ0) is 15.5. The SMILES string of the molecule is CCCc1cccc(C(O)C2CCCC(C(F)(F)F)C2)c1. The summed E-state index contributed by atoms with van der Waals surface area (Å²) in [6.07, 6.45) is -1.53. The Morgan fingerprint density at radius 3 is 2.71 bits per heavy atom. The molecule has 0 heterocycles. The summed E-state index contributed by atoms with van der Waals surface area (Å²) in [5, 5.41) is 10.5. The van der Waals surface area contributed by atoms with Crippen LogP contribution in [0.15, 0.2) is 24.3 Å². The standard InChI is InChI=1S/C17H23F3O/c1-2-5-12-6-3-7-13(10-12)16(21)14-8-4-9-15(11-14)17(18,19)20/h3,6-7,10,14-16,21H,2,4-5,8-9,11H2,1H3. The first-order valence-corrected chi connectivity index (χ1v) is 7.75. The predicted octanol–water partition coefficient (Wildman–Crippen LogP) is 5.04. The molecule has 118 valence electrons. The van der Waals surface area contributed by atoms with Crippen molar-refractivity contribution in [1.29, 1.82) is 0 Å². The number of hydrogen-bond donors (Lipinski definition) is 1. The molecule has 2 rings (SSSR count). The summed E-state index contributed by atoms with van der Waals surface area (Å²) in [4.78, 5) is 0. The van der Waals surface area contributed by atoms with Crippen molar-refractivity contribution < 1.29 is 18.3 Å². The van der Waals surface area contributed by atoms with Gasteiger partial charge < -0.3 is 5.11 Å². The Balaban J connectivity index is 2.08. The molecule has 0 saturated heterocycles. The third-order valence-corrected chi connectivity index (χ3v) is 4.46. The zero-order valence-electron chi connectivity index (χ0n) is 12.4. The van der Waals surface area contributed by atoms with Gasteiger partial charge in [0.15, 0.2) is 0 Å². The lowest BCUT2D eigenvalue weighted by molar-refractivity contribution is -0.189. The molecule has 1 aliphatic rings. The van der Waals surface area contributed by atoms with E-state index in [0.29, 0.717) is 12.8 Å². The first kappa shape index (κ1) is 16.3. The Morgan fingerprint density at radius 2 is 2.05 bits per heavy atom. The predicted molar refractivity (Wildman–Crippen MR) is 76.9 cm³/mol. The number of aliphatic hydroxyl groups excluding tert-OH is 1. The van der Waals surface area contributed by atoms with Crippen LogP contribution in [0.4, 0.5) is 13.2 Å². The van der Waals surface area contributed by atoms with Crippen molar-refractivity contribution in [2.75, 3.05) is 0 Å². The van der Waals surface area contributed by atoms with E-state index in [2.05, 4.69) is 6.92 Å². The summed E-state index contributed by atoms with van der Waals surface area (Å²) in [6, 6.07) is 7.64. The van der Waals surface area contributed by atoms with E-state index in [9.17, 15) is 18.3 Å². The molecule has 3 atom stereocenters. The van der Waals surface area contributed by atoms with Crippen molar-refractivity contribution in [1.82, 2.24) is 0 Å². The van der Waals surface area contributed by atoms with E-state index >= 15 is 0 Å². The lowest BCUT2D eigenvalue weighted by Crippen LogP contribution is -2.31. The minimum absolute atomic E-state index is 0.0443. The second-order valence-corrected chi connectivity index (χ2v) is 6.11. The molecule has 1 N–H and O–H groups in total. The highest BCUT2D eigenvalue weighted by Crippen LogP contribution is 2.43. The van der Waals surface area contributed by atoms with Gasteiger partial charge in [0, 0.05) is 0 Å². The third kappa shape index (κ3) is 4.22. The van der Waals surface area contributed by atoms with Crippen LogP contribution in [0.2, 0.25) is 0 Å². The third-order valence-electron chi connectivity index (χ3n) is 4.46. The van der Waals surface area contributed by atoms with Gasteiger partial charge in [0.25, 0.3) is 0 Å². The highest BCUT2D eigenvalue weighted by molar-refractivity contribution is 5.25. The van der Waals surface area contributed by atoms with Crippen molar-refractivity contribution in [3.05, 3.63) is 35.4 Å². The largest absolute Gasteiger partial charge is 0.391 e. The maximum atomic E-state index is 12.9. The van der Waals surface area contributed by atoms with Crippen LogP contribution in [-0.2, 0) is 6.42 Å². The molecule has 1 aliphatic carbocycles. The number of halogens is 3. The fourth-order valence-corrected chi connectivity index (χ4v) is 3.31. The summed E-state index contributed by atoms with van der Waals surface area (Å²) in [5.74, 6) is -1.55. The number of alkyl halides is 3. The first-order chi connectivity index (χ1) is 9.91. The van der Waals surface area contributed by atoms with Crippen LogP contribution in [0.5, 0.6) is 0 Å². The molecule has 3 unspecified atom stereocenters. The number of rotatable bonds is 4. The van der Waals surface area contributed by atoms with E-state index in [0.717, 1.165) is 24.0 Å². The first-order valence-electron chi connectivity index (χ1n) is 7.75. The fourth-order valence-electron chi connectivity index (χ4n) is 3.31. The van der Waals surface area contributed by atoms with E-state index < -0.39 is 18.2 Å². The van der Waals surface area contributed by atoms with Crippen LogP contribution in [0, 0.1) is 11.8 Å².